The lowest BCUT2D eigenvalue weighted by molar-refractivity contribution is -0.138. The Labute approximate surface area is 223 Å². The largest absolute Gasteiger partial charge is 0.487 e. The van der Waals surface area contributed by atoms with Crippen molar-refractivity contribution in [3.8, 4) is 5.75 Å². The summed E-state index contributed by atoms with van der Waals surface area (Å²) in [5, 5.41) is 4.03. The first-order chi connectivity index (χ1) is 17.8. The Kier molecular flexibility index (Phi) is 11.5. The summed E-state index contributed by atoms with van der Waals surface area (Å²) in [6.07, 6.45) is 0.620. The number of likely N-dealkylation sites (tertiary alicyclic amines) is 1. The van der Waals surface area contributed by atoms with Crippen LogP contribution in [0.3, 0.4) is 0 Å². The summed E-state index contributed by atoms with van der Waals surface area (Å²) in [4.78, 5) is 39.0. The lowest BCUT2D eigenvalue weighted by atomic mass is 9.93. The van der Waals surface area contributed by atoms with Gasteiger partial charge in [0.05, 0.1) is 24.9 Å². The Morgan fingerprint density at radius 3 is 2.42 bits per heavy atom. The third kappa shape index (κ3) is 9.87. The molecule has 38 heavy (non-hydrogen) atoms. The van der Waals surface area contributed by atoms with Crippen molar-refractivity contribution in [2.24, 2.45) is 5.73 Å². The van der Waals surface area contributed by atoms with E-state index >= 15 is 0 Å². The standard InChI is InChI=1S/C24H40N4O9S/c1-6-8-14-38(32,33)27-17(25)15-18(29)35-22(30)21-20(34-13-7-2)19(26-37-21)16-9-11-28(12-10-16)23(31)36-24(3,4)5/h16-17,27H,6-15,25H2,1-5H3/t17-/m0/s1. The van der Waals surface area contributed by atoms with E-state index in [9.17, 15) is 22.8 Å². The zero-order chi connectivity index (χ0) is 28.5. The third-order valence-electron chi connectivity index (χ3n) is 5.53. The van der Waals surface area contributed by atoms with Crippen LogP contribution < -0.4 is 15.2 Å². The van der Waals surface area contributed by atoms with Gasteiger partial charge in [0.25, 0.3) is 5.76 Å². The minimum absolute atomic E-state index is 0.0879. The molecule has 0 aromatic carbocycles. The maximum atomic E-state index is 12.7. The predicted octanol–water partition coefficient (Wildman–Crippen LogP) is 2.66. The van der Waals surface area contributed by atoms with Gasteiger partial charge in [0.15, 0.2) is 5.75 Å². The molecule has 1 aromatic rings. The smallest absolute Gasteiger partial charge is 0.410 e. The zero-order valence-electron chi connectivity index (χ0n) is 22.8. The number of nitrogens with two attached hydrogens (primary N) is 1. The van der Waals surface area contributed by atoms with Crippen molar-refractivity contribution in [3.05, 3.63) is 11.5 Å². The van der Waals surface area contributed by atoms with E-state index < -0.39 is 46.2 Å². The number of carbonyl (C=O) groups excluding carboxylic acids is 3. The summed E-state index contributed by atoms with van der Waals surface area (Å²) in [5.41, 5.74) is 5.52. The highest BCUT2D eigenvalue weighted by Crippen LogP contribution is 2.36. The van der Waals surface area contributed by atoms with Crippen molar-refractivity contribution in [1.82, 2.24) is 14.8 Å². The van der Waals surface area contributed by atoms with Gasteiger partial charge < -0.3 is 29.4 Å². The molecule has 0 bridgehead atoms. The molecule has 1 amide bonds. The Bertz CT molecular complexity index is 1060. The molecular weight excluding hydrogens is 520 g/mol. The number of piperidine rings is 1. The van der Waals surface area contributed by atoms with Crippen molar-refractivity contribution in [2.75, 3.05) is 25.4 Å². The number of rotatable bonds is 12. The number of nitrogens with zero attached hydrogens (tertiary/aromatic N) is 2. The highest BCUT2D eigenvalue weighted by atomic mass is 32.2. The van der Waals surface area contributed by atoms with Gasteiger partial charge in [-0.1, -0.05) is 25.4 Å². The minimum Gasteiger partial charge on any atom is -0.487 e. The Morgan fingerprint density at radius 1 is 1.18 bits per heavy atom. The molecule has 0 saturated carbocycles. The van der Waals surface area contributed by atoms with Crippen molar-refractivity contribution in [3.63, 3.8) is 0 Å². The van der Waals surface area contributed by atoms with Crippen LogP contribution in [0.4, 0.5) is 4.79 Å². The van der Waals surface area contributed by atoms with E-state index in [0.29, 0.717) is 50.9 Å². The van der Waals surface area contributed by atoms with E-state index in [0.717, 1.165) is 0 Å². The molecule has 1 saturated heterocycles. The molecule has 0 unspecified atom stereocenters. The maximum absolute atomic E-state index is 12.7. The summed E-state index contributed by atoms with van der Waals surface area (Å²) in [5.74, 6) is -2.72. The lowest BCUT2D eigenvalue weighted by Crippen LogP contribution is -2.44. The number of hydrogen-bond donors (Lipinski definition) is 2. The van der Waals surface area contributed by atoms with Crippen molar-refractivity contribution >= 4 is 28.1 Å². The van der Waals surface area contributed by atoms with Gasteiger partial charge in [-0.25, -0.2) is 18.0 Å². The maximum Gasteiger partial charge on any atom is 0.410 e. The molecule has 0 radical (unpaired) electrons. The van der Waals surface area contributed by atoms with Gasteiger partial charge in [-0.15, -0.1) is 0 Å². The van der Waals surface area contributed by atoms with E-state index in [1.54, 1.807) is 25.7 Å². The second-order valence-electron chi connectivity index (χ2n) is 10.2. The summed E-state index contributed by atoms with van der Waals surface area (Å²) in [6.45, 7) is 10.2. The van der Waals surface area contributed by atoms with E-state index in [1.807, 2.05) is 13.8 Å². The highest BCUT2D eigenvalue weighted by molar-refractivity contribution is 7.89. The fraction of sp³-hybridized carbons (Fsp3) is 0.750. The van der Waals surface area contributed by atoms with Crippen LogP contribution in [0.5, 0.6) is 5.75 Å². The first kappa shape index (κ1) is 31.5. The monoisotopic (exact) mass is 560 g/mol. The van der Waals surface area contributed by atoms with Crippen molar-refractivity contribution < 1.29 is 41.5 Å². The molecule has 216 valence electrons. The van der Waals surface area contributed by atoms with E-state index in [2.05, 4.69) is 9.88 Å². The molecule has 3 N–H and O–H groups in total. The third-order valence-corrected chi connectivity index (χ3v) is 7.02. The van der Waals surface area contributed by atoms with E-state index in [4.69, 9.17) is 24.5 Å². The Morgan fingerprint density at radius 2 is 1.84 bits per heavy atom. The van der Waals surface area contributed by atoms with Crippen molar-refractivity contribution in [2.45, 2.75) is 90.8 Å². The van der Waals surface area contributed by atoms with Crippen LogP contribution in [-0.4, -0.2) is 73.7 Å². The minimum atomic E-state index is -3.66. The van der Waals surface area contributed by atoms with Gasteiger partial charge in [-0.05, 0) is 46.5 Å². The van der Waals surface area contributed by atoms with Gasteiger partial charge >= 0.3 is 18.0 Å². The number of hydrogen-bond acceptors (Lipinski definition) is 11. The van der Waals surface area contributed by atoms with Crippen LogP contribution in [0.2, 0.25) is 0 Å². The van der Waals surface area contributed by atoms with Crippen LogP contribution in [0.25, 0.3) is 0 Å². The number of aromatic nitrogens is 1. The van der Waals surface area contributed by atoms with Crippen molar-refractivity contribution in [1.29, 1.82) is 0 Å². The van der Waals surface area contributed by atoms with E-state index in [-0.39, 0.29) is 29.8 Å². The van der Waals surface area contributed by atoms with Gasteiger partial charge in [-0.3, -0.25) is 4.79 Å². The molecule has 1 fully saturated rings. The average Bonchev–Trinajstić information content (AvgIpc) is 3.23. The van der Waals surface area contributed by atoms with E-state index in [1.165, 1.54) is 0 Å². The average molecular weight is 561 g/mol. The second kappa shape index (κ2) is 13.9. The fourth-order valence-corrected chi connectivity index (χ4v) is 5.06. The molecule has 2 rings (SSSR count). The van der Waals surface area contributed by atoms with Gasteiger partial charge in [0.1, 0.15) is 11.3 Å². The van der Waals surface area contributed by atoms with Crippen LogP contribution in [0, 0.1) is 0 Å². The zero-order valence-corrected chi connectivity index (χ0v) is 23.6. The number of unbranched alkanes of at least 4 members (excludes halogenated alkanes) is 1. The van der Waals surface area contributed by atoms with Crippen LogP contribution in [0.15, 0.2) is 4.52 Å². The summed E-state index contributed by atoms with van der Waals surface area (Å²) in [6, 6.07) is 0. The van der Waals surface area contributed by atoms with Crippen LogP contribution in [-0.2, 0) is 24.3 Å². The molecule has 0 spiro atoms. The molecule has 0 aliphatic carbocycles. The topological polar surface area (TPSA) is 180 Å². The molecule has 13 nitrogen and oxygen atoms in total. The molecule has 1 aliphatic heterocycles. The Hall–Kier alpha value is -2.71. The highest BCUT2D eigenvalue weighted by Gasteiger charge is 2.35. The SMILES string of the molecule is CCCCS(=O)(=O)N[C@H](N)CC(=O)OC(=O)c1onc(C2CCN(C(=O)OC(C)(C)C)CC2)c1OCCC. The summed E-state index contributed by atoms with van der Waals surface area (Å²) >= 11 is 0. The van der Waals surface area contributed by atoms with Crippen LogP contribution >= 0.6 is 0 Å². The number of sulfonamides is 1. The number of amides is 1. The quantitative estimate of drug-likeness (QED) is 0.218. The number of ether oxygens (including phenoxy) is 3. The first-order valence-electron chi connectivity index (χ1n) is 12.9. The lowest BCUT2D eigenvalue weighted by Gasteiger charge is -2.32. The molecule has 2 heterocycles. The molecule has 14 heteroatoms. The van der Waals surface area contributed by atoms with Gasteiger partial charge in [-0.2, -0.15) is 4.72 Å². The van der Waals surface area contributed by atoms with Crippen LogP contribution in [0.1, 0.15) is 95.3 Å². The second-order valence-corrected chi connectivity index (χ2v) is 12.1. The number of esters is 2. The molecule has 1 aromatic heterocycles. The van der Waals surface area contributed by atoms with Gasteiger partial charge in [0, 0.05) is 19.0 Å². The molecule has 1 atom stereocenters. The number of nitrogens with one attached hydrogen (secondary N) is 1. The predicted molar refractivity (Wildman–Crippen MR) is 137 cm³/mol. The summed E-state index contributed by atoms with van der Waals surface area (Å²) in [7, 11) is -3.66. The Balaban J connectivity index is 2.04. The summed E-state index contributed by atoms with van der Waals surface area (Å²) < 4.78 is 47.4. The normalized spacial score (nSPS) is 15.7. The molecule has 1 aliphatic rings. The number of carbonyl (C=O) groups is 3. The van der Waals surface area contributed by atoms with Gasteiger partial charge in [0.2, 0.25) is 10.0 Å². The first-order valence-corrected chi connectivity index (χ1v) is 14.5. The molecular formula is C24H40N4O9S. The fourth-order valence-electron chi connectivity index (χ4n) is 3.73.